The topological polar surface area (TPSA) is 45.1 Å². The number of aliphatic hydroxyl groups is 1. The molecule has 0 spiro atoms. The number of aromatic nitrogens is 1. The van der Waals surface area contributed by atoms with E-state index in [2.05, 4.69) is 10.3 Å². The fourth-order valence-electron chi connectivity index (χ4n) is 1.39. The molecule has 1 fully saturated rings. The van der Waals surface area contributed by atoms with Crippen LogP contribution in [-0.2, 0) is 0 Å². The van der Waals surface area contributed by atoms with E-state index in [-0.39, 0.29) is 23.8 Å². The summed E-state index contributed by atoms with van der Waals surface area (Å²) in [6.07, 6.45) is 2.66. The molecule has 2 rings (SSSR count). The number of aliphatic hydroxyl groups excluding tert-OH is 1. The minimum Gasteiger partial charge on any atom is -0.393 e. The van der Waals surface area contributed by atoms with E-state index in [1.165, 1.54) is 6.07 Å². The number of halogens is 1. The van der Waals surface area contributed by atoms with Gasteiger partial charge in [0.1, 0.15) is 0 Å². The number of nitrogens with one attached hydrogen (secondary N) is 1. The van der Waals surface area contributed by atoms with Gasteiger partial charge in [-0.2, -0.15) is 0 Å². The van der Waals surface area contributed by atoms with Crippen molar-refractivity contribution in [3.63, 3.8) is 0 Å². The van der Waals surface area contributed by atoms with Crippen LogP contribution in [0.3, 0.4) is 0 Å². The molecule has 0 aliphatic heterocycles. The second-order valence-electron chi connectivity index (χ2n) is 3.30. The number of hydrogen-bond acceptors (Lipinski definition) is 3. The third-order valence-corrected chi connectivity index (χ3v) is 2.21. The van der Waals surface area contributed by atoms with Crippen LogP contribution in [0.1, 0.15) is 12.8 Å². The number of rotatable bonds is 2. The lowest BCUT2D eigenvalue weighted by Gasteiger charge is -2.32. The average Bonchev–Trinajstić information content (AvgIpc) is 2.06. The third-order valence-electron chi connectivity index (χ3n) is 2.21. The second-order valence-corrected chi connectivity index (χ2v) is 3.30. The first-order valence-corrected chi connectivity index (χ1v) is 4.31. The van der Waals surface area contributed by atoms with Crippen LogP contribution in [0, 0.1) is 5.82 Å². The standard InChI is InChI=1S/C9H11FN2O/c10-8-2-1-3-11-9(8)12-6-4-7(13)5-6/h1-3,6-7,13H,4-5H2,(H,11,12). The van der Waals surface area contributed by atoms with Gasteiger partial charge in [0.15, 0.2) is 11.6 Å². The van der Waals surface area contributed by atoms with Gasteiger partial charge in [0.2, 0.25) is 0 Å². The van der Waals surface area contributed by atoms with E-state index in [0.717, 1.165) is 0 Å². The molecule has 13 heavy (non-hydrogen) atoms. The summed E-state index contributed by atoms with van der Waals surface area (Å²) in [7, 11) is 0. The molecule has 70 valence electrons. The van der Waals surface area contributed by atoms with Crippen molar-refractivity contribution in [2.24, 2.45) is 0 Å². The summed E-state index contributed by atoms with van der Waals surface area (Å²) in [4.78, 5) is 3.86. The lowest BCUT2D eigenvalue weighted by atomic mass is 9.89. The summed E-state index contributed by atoms with van der Waals surface area (Å²) in [5.41, 5.74) is 0. The van der Waals surface area contributed by atoms with Gasteiger partial charge in [-0.05, 0) is 25.0 Å². The molecule has 2 N–H and O–H groups in total. The zero-order chi connectivity index (χ0) is 9.26. The van der Waals surface area contributed by atoms with Crippen LogP contribution in [0.5, 0.6) is 0 Å². The monoisotopic (exact) mass is 182 g/mol. The van der Waals surface area contributed by atoms with E-state index in [4.69, 9.17) is 5.11 Å². The first-order chi connectivity index (χ1) is 6.25. The molecule has 1 aliphatic rings. The Morgan fingerprint density at radius 1 is 1.54 bits per heavy atom. The van der Waals surface area contributed by atoms with Crippen molar-refractivity contribution in [2.45, 2.75) is 25.0 Å². The van der Waals surface area contributed by atoms with Crippen LogP contribution in [0.25, 0.3) is 0 Å². The summed E-state index contributed by atoms with van der Waals surface area (Å²) in [6.45, 7) is 0. The molecule has 0 unspecified atom stereocenters. The predicted molar refractivity (Wildman–Crippen MR) is 46.8 cm³/mol. The average molecular weight is 182 g/mol. The Morgan fingerprint density at radius 2 is 2.31 bits per heavy atom. The molecular weight excluding hydrogens is 171 g/mol. The van der Waals surface area contributed by atoms with Gasteiger partial charge in [-0.1, -0.05) is 0 Å². The Morgan fingerprint density at radius 3 is 2.92 bits per heavy atom. The lowest BCUT2D eigenvalue weighted by molar-refractivity contribution is 0.0834. The highest BCUT2D eigenvalue weighted by molar-refractivity contribution is 5.37. The normalized spacial score (nSPS) is 26.6. The molecule has 0 saturated heterocycles. The zero-order valence-electron chi connectivity index (χ0n) is 7.07. The summed E-state index contributed by atoms with van der Waals surface area (Å²) < 4.78 is 13.0. The van der Waals surface area contributed by atoms with E-state index < -0.39 is 0 Å². The molecule has 0 bridgehead atoms. The highest BCUT2D eigenvalue weighted by Crippen LogP contribution is 2.23. The van der Waals surface area contributed by atoms with Gasteiger partial charge >= 0.3 is 0 Å². The van der Waals surface area contributed by atoms with E-state index in [1.807, 2.05) is 0 Å². The smallest absolute Gasteiger partial charge is 0.165 e. The maximum Gasteiger partial charge on any atom is 0.165 e. The molecule has 1 saturated carbocycles. The SMILES string of the molecule is OC1CC(Nc2ncccc2F)C1. The summed E-state index contributed by atoms with van der Waals surface area (Å²) >= 11 is 0. The zero-order valence-corrected chi connectivity index (χ0v) is 7.07. The van der Waals surface area contributed by atoms with Gasteiger partial charge < -0.3 is 10.4 Å². The van der Waals surface area contributed by atoms with Crippen molar-refractivity contribution in [1.82, 2.24) is 4.98 Å². The van der Waals surface area contributed by atoms with E-state index >= 15 is 0 Å². The maximum atomic E-state index is 13.0. The van der Waals surface area contributed by atoms with Gasteiger partial charge in [-0.25, -0.2) is 9.37 Å². The molecule has 1 aromatic heterocycles. The van der Waals surface area contributed by atoms with Crippen LogP contribution < -0.4 is 5.32 Å². The quantitative estimate of drug-likeness (QED) is 0.721. The van der Waals surface area contributed by atoms with Crippen molar-refractivity contribution in [2.75, 3.05) is 5.32 Å². The molecule has 3 nitrogen and oxygen atoms in total. The molecule has 0 atom stereocenters. The summed E-state index contributed by atoms with van der Waals surface area (Å²) in [6, 6.07) is 3.08. The fraction of sp³-hybridized carbons (Fsp3) is 0.444. The highest BCUT2D eigenvalue weighted by Gasteiger charge is 2.27. The lowest BCUT2D eigenvalue weighted by Crippen LogP contribution is -2.39. The van der Waals surface area contributed by atoms with Crippen LogP contribution in [0.4, 0.5) is 10.2 Å². The fourth-order valence-corrected chi connectivity index (χ4v) is 1.39. The van der Waals surface area contributed by atoms with Gasteiger partial charge in [0, 0.05) is 12.2 Å². The van der Waals surface area contributed by atoms with Crippen molar-refractivity contribution in [3.8, 4) is 0 Å². The van der Waals surface area contributed by atoms with Crippen LogP contribution in [0.15, 0.2) is 18.3 Å². The summed E-state index contributed by atoms with van der Waals surface area (Å²) in [5.74, 6) is -0.0664. The highest BCUT2D eigenvalue weighted by atomic mass is 19.1. The van der Waals surface area contributed by atoms with Crippen molar-refractivity contribution < 1.29 is 9.50 Å². The van der Waals surface area contributed by atoms with Gasteiger partial charge in [-0.3, -0.25) is 0 Å². The molecule has 0 aromatic carbocycles. The van der Waals surface area contributed by atoms with Crippen molar-refractivity contribution >= 4 is 5.82 Å². The molecule has 0 radical (unpaired) electrons. The predicted octanol–water partition coefficient (Wildman–Crippen LogP) is 1.16. The number of hydrogen-bond donors (Lipinski definition) is 2. The first kappa shape index (κ1) is 8.44. The van der Waals surface area contributed by atoms with Crippen molar-refractivity contribution in [3.05, 3.63) is 24.1 Å². The van der Waals surface area contributed by atoms with E-state index in [1.54, 1.807) is 12.3 Å². The van der Waals surface area contributed by atoms with Crippen molar-refractivity contribution in [1.29, 1.82) is 0 Å². The van der Waals surface area contributed by atoms with Gasteiger partial charge in [0.25, 0.3) is 0 Å². The van der Waals surface area contributed by atoms with E-state index in [0.29, 0.717) is 12.8 Å². The first-order valence-electron chi connectivity index (χ1n) is 4.31. The Kier molecular flexibility index (Phi) is 2.14. The summed E-state index contributed by atoms with van der Waals surface area (Å²) in [5, 5.41) is 11.9. The Balaban J connectivity index is 1.98. The number of nitrogens with zero attached hydrogens (tertiary/aromatic N) is 1. The van der Waals surface area contributed by atoms with Gasteiger partial charge in [0.05, 0.1) is 6.10 Å². The Hall–Kier alpha value is -1.16. The van der Waals surface area contributed by atoms with Crippen LogP contribution in [-0.4, -0.2) is 22.2 Å². The minimum atomic E-state index is -0.344. The second kappa shape index (κ2) is 3.30. The van der Waals surface area contributed by atoms with E-state index in [9.17, 15) is 4.39 Å². The number of pyridine rings is 1. The third kappa shape index (κ3) is 1.78. The molecule has 1 aromatic rings. The molecule has 1 heterocycles. The van der Waals surface area contributed by atoms with Crippen LogP contribution in [0.2, 0.25) is 0 Å². The maximum absolute atomic E-state index is 13.0. The largest absolute Gasteiger partial charge is 0.393 e. The Labute approximate surface area is 75.6 Å². The van der Waals surface area contributed by atoms with Gasteiger partial charge in [-0.15, -0.1) is 0 Å². The molecule has 0 amide bonds. The molecular formula is C9H11FN2O. The van der Waals surface area contributed by atoms with Crippen LogP contribution >= 0.6 is 0 Å². The molecule has 4 heteroatoms. The molecule has 1 aliphatic carbocycles. The minimum absolute atomic E-state index is 0.166. The Bertz CT molecular complexity index is 299. The number of anilines is 1.